The van der Waals surface area contributed by atoms with E-state index in [1.165, 1.54) is 0 Å². The van der Waals surface area contributed by atoms with Crippen molar-refractivity contribution in [2.24, 2.45) is 0 Å². The first kappa shape index (κ1) is 18.2. The molecule has 0 spiro atoms. The van der Waals surface area contributed by atoms with E-state index in [4.69, 9.17) is 0 Å². The maximum atomic E-state index is 12.6. The van der Waals surface area contributed by atoms with Crippen molar-refractivity contribution in [1.29, 1.82) is 0 Å². The second-order valence-electron chi connectivity index (χ2n) is 6.14. The number of para-hydroxylation sites is 2. The number of hydrogen-bond acceptors (Lipinski definition) is 3. The third kappa shape index (κ3) is 5.19. The minimum absolute atomic E-state index is 0.109. The molecule has 0 aliphatic rings. The third-order valence-electron chi connectivity index (χ3n) is 3.95. The van der Waals surface area contributed by atoms with Gasteiger partial charge >= 0.3 is 0 Å². The Hall–Kier alpha value is -3.60. The van der Waals surface area contributed by atoms with Crippen LogP contribution in [0, 0.1) is 6.92 Å². The van der Waals surface area contributed by atoms with Gasteiger partial charge in [-0.3, -0.25) is 9.59 Å². The van der Waals surface area contributed by atoms with Crippen LogP contribution < -0.4 is 16.0 Å². The first-order chi connectivity index (χ1) is 13.1. The lowest BCUT2D eigenvalue weighted by atomic mass is 10.1. The molecule has 5 nitrogen and oxygen atoms in total. The Morgan fingerprint density at radius 1 is 0.778 bits per heavy atom. The van der Waals surface area contributed by atoms with Crippen LogP contribution in [0.15, 0.2) is 78.9 Å². The van der Waals surface area contributed by atoms with Crippen molar-refractivity contribution in [2.75, 3.05) is 22.5 Å². The highest BCUT2D eigenvalue weighted by atomic mass is 16.2. The maximum absolute atomic E-state index is 12.6. The standard InChI is InChI=1S/C22H21N3O2/c1-16-8-7-11-18(14-16)23-15-21(26)25-20-13-6-5-12-19(20)22(27)24-17-9-3-2-4-10-17/h2-14,23H,15H2,1H3,(H,24,27)(H,25,26). The molecule has 136 valence electrons. The van der Waals surface area contributed by atoms with Crippen molar-refractivity contribution in [1.82, 2.24) is 0 Å². The number of aryl methyl sites for hydroxylation is 1. The van der Waals surface area contributed by atoms with Gasteiger partial charge in [0.15, 0.2) is 0 Å². The fraction of sp³-hybridized carbons (Fsp3) is 0.0909. The zero-order valence-electron chi connectivity index (χ0n) is 15.0. The van der Waals surface area contributed by atoms with E-state index < -0.39 is 0 Å². The molecule has 0 saturated heterocycles. The maximum Gasteiger partial charge on any atom is 0.257 e. The number of carbonyl (C=O) groups is 2. The molecule has 3 aromatic carbocycles. The number of amides is 2. The molecule has 3 rings (SSSR count). The van der Waals surface area contributed by atoms with Crippen molar-refractivity contribution in [3.63, 3.8) is 0 Å². The number of benzene rings is 3. The number of anilines is 3. The predicted molar refractivity (Wildman–Crippen MR) is 109 cm³/mol. The van der Waals surface area contributed by atoms with Gasteiger partial charge in [-0.15, -0.1) is 0 Å². The molecule has 5 heteroatoms. The summed E-state index contributed by atoms with van der Waals surface area (Å²) < 4.78 is 0. The molecule has 0 heterocycles. The third-order valence-corrected chi connectivity index (χ3v) is 3.95. The molecule has 0 saturated carbocycles. The van der Waals surface area contributed by atoms with Crippen LogP contribution in [-0.2, 0) is 4.79 Å². The van der Waals surface area contributed by atoms with Gasteiger partial charge < -0.3 is 16.0 Å². The quantitative estimate of drug-likeness (QED) is 0.615. The molecule has 0 bridgehead atoms. The minimum atomic E-state index is -0.274. The topological polar surface area (TPSA) is 70.2 Å². The van der Waals surface area contributed by atoms with E-state index in [1.807, 2.05) is 61.5 Å². The molecule has 0 aromatic heterocycles. The van der Waals surface area contributed by atoms with E-state index in [0.717, 1.165) is 11.3 Å². The summed E-state index contributed by atoms with van der Waals surface area (Å²) in [5.74, 6) is -0.500. The number of nitrogens with one attached hydrogen (secondary N) is 3. The van der Waals surface area contributed by atoms with Crippen LogP contribution in [0.25, 0.3) is 0 Å². The van der Waals surface area contributed by atoms with E-state index in [2.05, 4.69) is 16.0 Å². The average Bonchev–Trinajstić information content (AvgIpc) is 2.68. The summed E-state index contributed by atoms with van der Waals surface area (Å²) >= 11 is 0. The smallest absolute Gasteiger partial charge is 0.257 e. The zero-order chi connectivity index (χ0) is 19.1. The Morgan fingerprint density at radius 2 is 1.48 bits per heavy atom. The summed E-state index contributed by atoms with van der Waals surface area (Å²) in [6, 6.07) is 23.9. The SMILES string of the molecule is Cc1cccc(NCC(=O)Nc2ccccc2C(=O)Nc2ccccc2)c1. The summed E-state index contributed by atoms with van der Waals surface area (Å²) in [4.78, 5) is 24.9. The van der Waals surface area contributed by atoms with Crippen molar-refractivity contribution < 1.29 is 9.59 Å². The average molecular weight is 359 g/mol. The Kier molecular flexibility index (Phi) is 5.84. The number of rotatable bonds is 6. The van der Waals surface area contributed by atoms with Gasteiger partial charge in [-0.2, -0.15) is 0 Å². The highest BCUT2D eigenvalue weighted by Gasteiger charge is 2.13. The second kappa shape index (κ2) is 8.67. The number of hydrogen-bond donors (Lipinski definition) is 3. The Morgan fingerprint density at radius 3 is 2.26 bits per heavy atom. The molecule has 27 heavy (non-hydrogen) atoms. The Balaban J connectivity index is 1.64. The van der Waals surface area contributed by atoms with Gasteiger partial charge in [0.05, 0.1) is 17.8 Å². The van der Waals surface area contributed by atoms with Gasteiger partial charge in [0.25, 0.3) is 5.91 Å². The molecule has 0 radical (unpaired) electrons. The minimum Gasteiger partial charge on any atom is -0.376 e. The molecule has 0 unspecified atom stereocenters. The molecular formula is C22H21N3O2. The summed E-state index contributed by atoms with van der Waals surface area (Å²) in [6.07, 6.45) is 0. The lowest BCUT2D eigenvalue weighted by molar-refractivity contribution is -0.114. The largest absolute Gasteiger partial charge is 0.376 e. The molecule has 0 atom stereocenters. The predicted octanol–water partition coefficient (Wildman–Crippen LogP) is 4.30. The first-order valence-corrected chi connectivity index (χ1v) is 8.67. The van der Waals surface area contributed by atoms with E-state index >= 15 is 0 Å². The van der Waals surface area contributed by atoms with Crippen molar-refractivity contribution >= 4 is 28.9 Å². The fourth-order valence-corrected chi connectivity index (χ4v) is 2.64. The van der Waals surface area contributed by atoms with E-state index in [9.17, 15) is 9.59 Å². The summed E-state index contributed by atoms with van der Waals surface area (Å²) in [7, 11) is 0. The Labute approximate surface area is 158 Å². The van der Waals surface area contributed by atoms with E-state index in [0.29, 0.717) is 16.9 Å². The lowest BCUT2D eigenvalue weighted by Crippen LogP contribution is -2.24. The van der Waals surface area contributed by atoms with E-state index in [1.54, 1.807) is 24.3 Å². The van der Waals surface area contributed by atoms with Gasteiger partial charge in [0, 0.05) is 11.4 Å². The first-order valence-electron chi connectivity index (χ1n) is 8.67. The van der Waals surface area contributed by atoms with E-state index in [-0.39, 0.29) is 18.4 Å². The van der Waals surface area contributed by atoms with Gasteiger partial charge in [-0.1, -0.05) is 42.5 Å². The summed E-state index contributed by atoms with van der Waals surface area (Å²) in [6.45, 7) is 2.10. The molecule has 0 aliphatic carbocycles. The zero-order valence-corrected chi connectivity index (χ0v) is 15.0. The Bertz CT molecular complexity index is 939. The van der Waals surface area contributed by atoms with Crippen LogP contribution in [0.5, 0.6) is 0 Å². The van der Waals surface area contributed by atoms with Crippen LogP contribution in [0.4, 0.5) is 17.1 Å². The van der Waals surface area contributed by atoms with Gasteiger partial charge in [-0.05, 0) is 48.9 Å². The van der Waals surface area contributed by atoms with Crippen LogP contribution in [0.2, 0.25) is 0 Å². The highest BCUT2D eigenvalue weighted by Crippen LogP contribution is 2.17. The van der Waals surface area contributed by atoms with Crippen LogP contribution in [0.1, 0.15) is 15.9 Å². The second-order valence-corrected chi connectivity index (χ2v) is 6.14. The molecule has 0 fully saturated rings. The molecule has 3 N–H and O–H groups in total. The molecule has 0 aliphatic heterocycles. The summed E-state index contributed by atoms with van der Waals surface area (Å²) in [5.41, 5.74) is 3.57. The van der Waals surface area contributed by atoms with Crippen LogP contribution in [-0.4, -0.2) is 18.4 Å². The molecular weight excluding hydrogens is 338 g/mol. The van der Waals surface area contributed by atoms with Crippen molar-refractivity contribution in [3.8, 4) is 0 Å². The van der Waals surface area contributed by atoms with Crippen molar-refractivity contribution in [2.45, 2.75) is 6.92 Å². The monoisotopic (exact) mass is 359 g/mol. The van der Waals surface area contributed by atoms with Crippen LogP contribution >= 0.6 is 0 Å². The van der Waals surface area contributed by atoms with Gasteiger partial charge in [0.1, 0.15) is 0 Å². The van der Waals surface area contributed by atoms with Gasteiger partial charge in [-0.25, -0.2) is 0 Å². The molecule has 2 amide bonds. The highest BCUT2D eigenvalue weighted by molar-refractivity contribution is 6.10. The van der Waals surface area contributed by atoms with Crippen LogP contribution in [0.3, 0.4) is 0 Å². The lowest BCUT2D eigenvalue weighted by Gasteiger charge is -2.12. The van der Waals surface area contributed by atoms with Gasteiger partial charge in [0.2, 0.25) is 5.91 Å². The fourth-order valence-electron chi connectivity index (χ4n) is 2.64. The number of carbonyl (C=O) groups excluding carboxylic acids is 2. The summed E-state index contributed by atoms with van der Waals surface area (Å²) in [5, 5.41) is 8.71. The van der Waals surface area contributed by atoms with Crippen molar-refractivity contribution in [3.05, 3.63) is 90.0 Å². The normalized spacial score (nSPS) is 10.1. The molecule has 3 aromatic rings.